The number of carbonyl (C=O) groups excluding carboxylic acids is 5. The molecule has 1 saturated carbocycles. The monoisotopic (exact) mass is 757 g/mol. The van der Waals surface area contributed by atoms with Crippen molar-refractivity contribution in [3.8, 4) is 11.8 Å². The van der Waals surface area contributed by atoms with Crippen LogP contribution >= 0.6 is 0 Å². The molecule has 3 atom stereocenters. The molecule has 296 valence electrons. The Balaban J connectivity index is 1.18. The van der Waals surface area contributed by atoms with E-state index in [9.17, 15) is 24.0 Å². The Labute approximate surface area is 323 Å². The van der Waals surface area contributed by atoms with Crippen molar-refractivity contribution in [2.45, 2.75) is 116 Å². The smallest absolute Gasteiger partial charge is 0.407 e. The van der Waals surface area contributed by atoms with E-state index >= 15 is 0 Å². The first-order chi connectivity index (χ1) is 26.5. The third-order valence-corrected chi connectivity index (χ3v) is 9.70. The molecule has 55 heavy (non-hydrogen) atoms. The minimum absolute atomic E-state index is 0.0218. The van der Waals surface area contributed by atoms with Crippen molar-refractivity contribution in [2.24, 2.45) is 11.0 Å². The third kappa shape index (κ3) is 13.0. The summed E-state index contributed by atoms with van der Waals surface area (Å²) in [7, 11) is 3.44. The molecule has 2 heterocycles. The molecule has 1 aliphatic heterocycles. The van der Waals surface area contributed by atoms with E-state index in [4.69, 9.17) is 4.74 Å². The first-order valence-electron chi connectivity index (χ1n) is 19.1. The van der Waals surface area contributed by atoms with Crippen molar-refractivity contribution in [2.75, 3.05) is 23.9 Å². The van der Waals surface area contributed by atoms with Gasteiger partial charge in [-0.1, -0.05) is 31.1 Å². The molecule has 0 bridgehead atoms. The molecule has 2 aromatic rings. The van der Waals surface area contributed by atoms with Crippen molar-refractivity contribution in [3.63, 3.8) is 0 Å². The van der Waals surface area contributed by atoms with Crippen LogP contribution in [0.5, 0.6) is 0 Å². The normalized spacial score (nSPS) is 18.1. The molecule has 2 fully saturated rings. The number of anilines is 2. The number of hydrogen-bond acceptors (Lipinski definition) is 10. The number of alkyl carbamates (subject to hydrolysis) is 1. The number of aryl methyl sites for hydroxylation is 1. The third-order valence-electron chi connectivity index (χ3n) is 9.70. The Hall–Kier alpha value is -5.65. The average molecular weight is 758 g/mol. The lowest BCUT2D eigenvalue weighted by Crippen LogP contribution is -2.51. The van der Waals surface area contributed by atoms with Crippen molar-refractivity contribution in [1.82, 2.24) is 31.2 Å². The summed E-state index contributed by atoms with van der Waals surface area (Å²) in [5.74, 6) is 6.28. The summed E-state index contributed by atoms with van der Waals surface area (Å²) in [6, 6.07) is 6.77. The van der Waals surface area contributed by atoms with Gasteiger partial charge in [0.05, 0.1) is 11.4 Å². The van der Waals surface area contributed by atoms with Gasteiger partial charge in [0.1, 0.15) is 23.7 Å². The standard InChI is InChI=1S/C40H55N9O6/c1-28(2)43-40(54)55-31-17-14-30(25-31)16-20-36(46-41-3)44-39(53)34-22-23-42-49(34)24-12-10-8-6-7-9-11-13-29-15-18-32(35(26-29)47(4)27-50)48(5)33-19-21-37(51)45-38(33)52/h15,18,20,22-23,26-28,30-31,33,46H,3,6-10,12,14,16-17,19,21,24-25H2,1-2,4-5H3,(H,43,54)(H,44,53)(H,45,51,52)/b36-20-. The van der Waals surface area contributed by atoms with Crippen molar-refractivity contribution >= 4 is 48.3 Å². The number of nitrogens with zero attached hydrogens (tertiary/aromatic N) is 5. The zero-order valence-corrected chi connectivity index (χ0v) is 32.4. The summed E-state index contributed by atoms with van der Waals surface area (Å²) in [6.07, 6.45) is 13.1. The summed E-state index contributed by atoms with van der Waals surface area (Å²) < 4.78 is 7.25. The van der Waals surface area contributed by atoms with Gasteiger partial charge in [-0.25, -0.2) is 4.79 Å². The van der Waals surface area contributed by atoms with Crippen LogP contribution in [-0.2, 0) is 25.7 Å². The summed E-state index contributed by atoms with van der Waals surface area (Å²) >= 11 is 0. The SMILES string of the molecule is C=NN/C(=C\CC1CCC(OC(=O)NC(C)C)C1)NC(=O)c1ccnn1CCCCCCCC#Cc1ccc(N(C)C2CCC(=O)NC2=O)c(N(C)C=O)c1. The van der Waals surface area contributed by atoms with Gasteiger partial charge in [-0.05, 0) is 95.1 Å². The molecule has 3 unspecified atom stereocenters. The number of unbranched alkanes of at least 4 members (excludes halogenated alkanes) is 5. The van der Waals surface area contributed by atoms with Crippen LogP contribution in [0, 0.1) is 17.8 Å². The maximum Gasteiger partial charge on any atom is 0.407 e. The van der Waals surface area contributed by atoms with E-state index in [-0.39, 0.29) is 42.4 Å². The van der Waals surface area contributed by atoms with E-state index in [1.54, 1.807) is 35.9 Å². The number of benzene rings is 1. The van der Waals surface area contributed by atoms with Gasteiger partial charge < -0.3 is 25.2 Å². The summed E-state index contributed by atoms with van der Waals surface area (Å²) in [6.45, 7) is 7.89. The molecule has 15 heteroatoms. The molecule has 2 aliphatic rings. The second-order valence-electron chi connectivity index (χ2n) is 14.3. The lowest BCUT2D eigenvalue weighted by molar-refractivity contribution is -0.134. The number of hydrogen-bond donors (Lipinski definition) is 4. The Morgan fingerprint density at radius 3 is 2.64 bits per heavy atom. The van der Waals surface area contributed by atoms with Gasteiger partial charge in [0.25, 0.3) is 5.91 Å². The zero-order valence-electron chi connectivity index (χ0n) is 32.4. The van der Waals surface area contributed by atoms with Gasteiger partial charge in [-0.15, -0.1) is 0 Å². The molecule has 1 aromatic heterocycles. The zero-order chi connectivity index (χ0) is 39.7. The number of nitrogens with one attached hydrogen (secondary N) is 4. The number of carbonyl (C=O) groups is 5. The minimum Gasteiger partial charge on any atom is -0.446 e. The van der Waals surface area contributed by atoms with Crippen LogP contribution in [0.25, 0.3) is 0 Å². The number of ether oxygens (including phenoxy) is 1. The lowest BCUT2D eigenvalue weighted by atomic mass is 10.0. The van der Waals surface area contributed by atoms with Crippen LogP contribution in [0.2, 0.25) is 0 Å². The van der Waals surface area contributed by atoms with Crippen molar-refractivity contribution < 1.29 is 28.7 Å². The van der Waals surface area contributed by atoms with Gasteiger partial charge in [-0.3, -0.25) is 34.6 Å². The number of hydrazone groups is 1. The molecular formula is C40H55N9O6. The fraction of sp³-hybridized carbons (Fsp3) is 0.525. The van der Waals surface area contributed by atoms with Gasteiger partial charge in [0.15, 0.2) is 0 Å². The molecule has 4 rings (SSSR count). The second kappa shape index (κ2) is 21.3. The van der Waals surface area contributed by atoms with E-state index in [1.165, 1.54) is 4.90 Å². The minimum atomic E-state index is -0.510. The van der Waals surface area contributed by atoms with Crippen molar-refractivity contribution in [1.29, 1.82) is 0 Å². The molecule has 1 aliphatic carbocycles. The van der Waals surface area contributed by atoms with E-state index in [2.05, 4.69) is 50.1 Å². The molecule has 1 aromatic carbocycles. The second-order valence-corrected chi connectivity index (χ2v) is 14.3. The first-order valence-corrected chi connectivity index (χ1v) is 19.1. The summed E-state index contributed by atoms with van der Waals surface area (Å²) in [5.41, 5.74) is 5.33. The van der Waals surface area contributed by atoms with Gasteiger partial charge >= 0.3 is 6.09 Å². The van der Waals surface area contributed by atoms with Crippen LogP contribution in [-0.4, -0.2) is 79.0 Å². The number of aromatic nitrogens is 2. The van der Waals surface area contributed by atoms with Crippen LogP contribution in [0.15, 0.2) is 47.5 Å². The lowest BCUT2D eigenvalue weighted by Gasteiger charge is -2.33. The number of imide groups is 1. The van der Waals surface area contributed by atoms with Crippen LogP contribution in [0.3, 0.4) is 0 Å². The highest BCUT2D eigenvalue weighted by atomic mass is 16.6. The molecule has 1 saturated heterocycles. The fourth-order valence-corrected chi connectivity index (χ4v) is 6.78. The predicted octanol–water partition coefficient (Wildman–Crippen LogP) is 4.58. The predicted molar refractivity (Wildman–Crippen MR) is 211 cm³/mol. The number of allylic oxidation sites excluding steroid dienone is 1. The van der Waals surface area contributed by atoms with Crippen LogP contribution in [0.4, 0.5) is 16.2 Å². The molecule has 15 nitrogen and oxygen atoms in total. The van der Waals surface area contributed by atoms with E-state index in [0.717, 1.165) is 63.4 Å². The Morgan fingerprint density at radius 2 is 1.89 bits per heavy atom. The number of rotatable bonds is 19. The topological polar surface area (TPSA) is 179 Å². The van der Waals surface area contributed by atoms with Gasteiger partial charge in [-0.2, -0.15) is 10.2 Å². The van der Waals surface area contributed by atoms with Gasteiger partial charge in [0.2, 0.25) is 18.2 Å². The fourth-order valence-electron chi connectivity index (χ4n) is 6.78. The maximum absolute atomic E-state index is 13.2. The van der Waals surface area contributed by atoms with Crippen LogP contribution in [0.1, 0.15) is 107 Å². The summed E-state index contributed by atoms with van der Waals surface area (Å²) in [5, 5.41) is 16.1. The Bertz CT molecular complexity index is 1760. The highest BCUT2D eigenvalue weighted by Gasteiger charge is 2.31. The highest BCUT2D eigenvalue weighted by molar-refractivity contribution is 6.02. The van der Waals surface area contributed by atoms with Gasteiger partial charge in [0, 0.05) is 58.0 Å². The largest absolute Gasteiger partial charge is 0.446 e. The molecule has 4 N–H and O–H groups in total. The van der Waals surface area contributed by atoms with Crippen molar-refractivity contribution in [3.05, 3.63) is 53.6 Å². The number of piperidine rings is 1. The average Bonchev–Trinajstić information content (AvgIpc) is 3.81. The molecule has 5 amide bonds. The number of likely N-dealkylation sites (N-methyl/N-ethyl adjacent to an activating group) is 1. The number of amides is 5. The molecular weight excluding hydrogens is 702 g/mol. The first kappa shape index (κ1) is 42.1. The van der Waals surface area contributed by atoms with E-state index in [0.29, 0.717) is 54.6 Å². The molecule has 0 radical (unpaired) electrons. The highest BCUT2D eigenvalue weighted by Crippen LogP contribution is 2.32. The van der Waals surface area contributed by atoms with E-state index in [1.807, 2.05) is 38.1 Å². The maximum atomic E-state index is 13.2. The van der Waals surface area contributed by atoms with Crippen LogP contribution < -0.4 is 31.2 Å². The Kier molecular flexibility index (Phi) is 16.3. The molecule has 0 spiro atoms. The van der Waals surface area contributed by atoms with E-state index < -0.39 is 6.04 Å². The quantitative estimate of drug-likeness (QED) is 0.0399. The Morgan fingerprint density at radius 1 is 1.11 bits per heavy atom. The summed E-state index contributed by atoms with van der Waals surface area (Å²) in [4.78, 5) is 64.1.